The summed E-state index contributed by atoms with van der Waals surface area (Å²) in [5, 5.41) is 14.4. The second kappa shape index (κ2) is 15.6. The number of nitrogens with two attached hydrogens (primary N) is 1. The first-order valence-electron chi connectivity index (χ1n) is 16.7. The molecule has 0 amide bonds. The van der Waals surface area contributed by atoms with E-state index in [0.717, 1.165) is 38.2 Å². The van der Waals surface area contributed by atoms with Crippen LogP contribution in [0.4, 0.5) is 20.5 Å². The van der Waals surface area contributed by atoms with Crippen molar-refractivity contribution >= 4 is 60.5 Å². The van der Waals surface area contributed by atoms with Crippen molar-refractivity contribution in [2.75, 3.05) is 24.3 Å². The van der Waals surface area contributed by atoms with Gasteiger partial charge in [-0.05, 0) is 43.6 Å². The number of ether oxygens (including phenoxy) is 2. The molecule has 3 saturated heterocycles. The van der Waals surface area contributed by atoms with E-state index in [4.69, 9.17) is 45.1 Å². The molecule has 25 heteroatoms. The number of hydrogen-bond donors (Lipinski definition) is 6. The van der Waals surface area contributed by atoms with Crippen LogP contribution in [0.5, 0.6) is 0 Å². The fourth-order valence-corrected chi connectivity index (χ4v) is 9.54. The van der Waals surface area contributed by atoms with Crippen molar-refractivity contribution in [1.82, 2.24) is 29.1 Å². The molecule has 3 aliphatic heterocycles. The lowest BCUT2D eigenvalue weighted by atomic mass is 9.91. The molecule has 19 nitrogen and oxygen atoms in total. The van der Waals surface area contributed by atoms with Gasteiger partial charge < -0.3 is 35.0 Å². The molecule has 294 valence electrons. The first-order chi connectivity index (χ1) is 24.9. The Morgan fingerprint density at radius 2 is 1.85 bits per heavy atom. The van der Waals surface area contributed by atoms with Crippen molar-refractivity contribution in [2.24, 2.45) is 5.92 Å². The Morgan fingerprint density at radius 1 is 1.15 bits per heavy atom. The van der Waals surface area contributed by atoms with Crippen LogP contribution >= 0.6 is 25.8 Å². The van der Waals surface area contributed by atoms with Gasteiger partial charge in [-0.1, -0.05) is 38.9 Å². The number of aliphatic hydroxyl groups is 1. The Hall–Kier alpha value is -2.40. The maximum Gasteiger partial charge on any atom is 0.386 e. The number of imidazole rings is 1. The Bertz CT molecular complexity index is 2020. The van der Waals surface area contributed by atoms with Gasteiger partial charge in [0.05, 0.1) is 19.5 Å². The van der Waals surface area contributed by atoms with Gasteiger partial charge in [-0.3, -0.25) is 32.5 Å². The number of thiol groups is 1. The third kappa shape index (κ3) is 8.41. The molecular weight excluding hydrogens is 788 g/mol. The van der Waals surface area contributed by atoms with Crippen molar-refractivity contribution in [3.63, 3.8) is 0 Å². The van der Waals surface area contributed by atoms with Crippen molar-refractivity contribution in [2.45, 2.75) is 101 Å². The minimum absolute atomic E-state index is 0.0584. The molecule has 2 bridgehead atoms. The van der Waals surface area contributed by atoms with Crippen molar-refractivity contribution in [3.05, 3.63) is 39.4 Å². The summed E-state index contributed by atoms with van der Waals surface area (Å²) < 4.78 is 80.9. The number of H-pyrrole nitrogens is 1. The molecule has 0 saturated carbocycles. The Kier molecular flexibility index (Phi) is 11.9. The normalized spacial score (nSPS) is 33.9. The molecule has 3 aromatic heterocycles. The smallest absolute Gasteiger partial charge is 0.386 e. The third-order valence-electron chi connectivity index (χ3n) is 9.18. The molecule has 0 aromatic carbocycles. The topological polar surface area (TPSA) is 249 Å². The SMILES string of the molecule is CCCC(CCC)C(C)Nc1ccn([C@@H]2O[C@@H]3COP(=O)(S)O[C@H]4C(O)[C@@H](COP(O)(=S)O[C@@H]3C2(F)F)O[C@H]4n2cnc3c(=O)[nH]c(N)nc32)c(=O)n1. The quantitative estimate of drug-likeness (QED) is 0.134. The van der Waals surface area contributed by atoms with Gasteiger partial charge in [-0.2, -0.15) is 18.7 Å². The van der Waals surface area contributed by atoms with E-state index in [9.17, 15) is 24.2 Å². The van der Waals surface area contributed by atoms with Crippen LogP contribution in [0.15, 0.2) is 28.2 Å². The number of nitrogens with one attached hydrogen (secondary N) is 2. The largest absolute Gasteiger partial charge is 0.387 e. The number of hydrogen-bond acceptors (Lipinski definition) is 16. The minimum Gasteiger partial charge on any atom is -0.387 e. The van der Waals surface area contributed by atoms with E-state index in [2.05, 4.69) is 51.3 Å². The number of fused-ring (bicyclic) bond motifs is 4. The van der Waals surface area contributed by atoms with E-state index in [1.807, 2.05) is 6.92 Å². The number of alkyl halides is 2. The number of nitrogens with zero attached hydrogens (tertiary/aromatic N) is 5. The number of anilines is 2. The molecule has 3 aliphatic rings. The molecule has 53 heavy (non-hydrogen) atoms. The Morgan fingerprint density at radius 3 is 2.53 bits per heavy atom. The summed E-state index contributed by atoms with van der Waals surface area (Å²) in [6.07, 6.45) is -6.68. The van der Waals surface area contributed by atoms with Gasteiger partial charge in [-0.25, -0.2) is 14.3 Å². The molecule has 6 heterocycles. The molecule has 0 aliphatic carbocycles. The second-order valence-corrected chi connectivity index (χ2v) is 18.6. The highest BCUT2D eigenvalue weighted by atomic mass is 32.7. The van der Waals surface area contributed by atoms with Crippen LogP contribution in [0.1, 0.15) is 58.9 Å². The average Bonchev–Trinajstić information content (AvgIpc) is 3.70. The number of nitrogen functional groups attached to an aromatic ring is 1. The van der Waals surface area contributed by atoms with Crippen LogP contribution in [0.25, 0.3) is 11.2 Å². The molecule has 10 atom stereocenters. The molecule has 6 rings (SSSR count). The van der Waals surface area contributed by atoms with Gasteiger partial charge in [0.2, 0.25) is 12.2 Å². The maximum absolute atomic E-state index is 16.2. The predicted octanol–water partition coefficient (Wildman–Crippen LogP) is 2.84. The highest BCUT2D eigenvalue weighted by Crippen LogP contribution is 2.59. The van der Waals surface area contributed by atoms with Gasteiger partial charge in [0.15, 0.2) is 23.5 Å². The molecule has 4 unspecified atom stereocenters. The highest BCUT2D eigenvalue weighted by molar-refractivity contribution is 8.44. The summed E-state index contributed by atoms with van der Waals surface area (Å²) >= 11 is 9.06. The summed E-state index contributed by atoms with van der Waals surface area (Å²) in [5.41, 5.74) is 3.69. The Labute approximate surface area is 310 Å². The fourth-order valence-electron chi connectivity index (χ4n) is 6.66. The van der Waals surface area contributed by atoms with Crippen molar-refractivity contribution in [3.8, 4) is 0 Å². The highest BCUT2D eigenvalue weighted by Gasteiger charge is 2.63. The zero-order chi connectivity index (χ0) is 38.5. The maximum atomic E-state index is 16.2. The lowest BCUT2D eigenvalue weighted by Crippen LogP contribution is -2.43. The van der Waals surface area contributed by atoms with Crippen LogP contribution in [0, 0.1) is 5.92 Å². The minimum atomic E-state index is -4.61. The second-order valence-electron chi connectivity index (χ2n) is 12.9. The number of aromatic nitrogens is 6. The molecule has 0 spiro atoms. The summed E-state index contributed by atoms with van der Waals surface area (Å²) in [5.74, 6) is -3.87. The molecule has 3 fully saturated rings. The zero-order valence-corrected chi connectivity index (χ0v) is 32.1. The van der Waals surface area contributed by atoms with Crippen LogP contribution in [-0.4, -0.2) is 94.8 Å². The summed E-state index contributed by atoms with van der Waals surface area (Å²) in [6.45, 7) is -4.80. The first kappa shape index (κ1) is 40.3. The van der Waals surface area contributed by atoms with E-state index >= 15 is 8.78 Å². The average molecular weight is 829 g/mol. The number of aromatic amines is 1. The zero-order valence-electron chi connectivity index (χ0n) is 28.6. The van der Waals surface area contributed by atoms with Crippen LogP contribution < -0.4 is 22.3 Å². The molecule has 3 aromatic rings. The van der Waals surface area contributed by atoms with Crippen LogP contribution in [-0.2, 0) is 43.9 Å². The van der Waals surface area contributed by atoms with E-state index < -0.39 is 86.9 Å². The van der Waals surface area contributed by atoms with Gasteiger partial charge in [0, 0.05) is 12.2 Å². The standard InChI is InChI=1S/C28H40F2N8O11P2S2/c1-4-6-14(7-5-2)13(3)33-17-8-9-37(27(41)34-17)25-28(29,30)21-16(47-25)11-45-50(42,52)48-20-19(39)15(10-44-51(43,53)49-21)46-24(20)38-12-32-18-22(38)35-26(31)36-23(18)40/h8-9,12-16,19-21,24-25,39H,4-7,10-11H2,1-3H3,(H,42,52)(H,43,53)(H,33,34,41)(H3,31,35,36,40)/t13?,15-,16-,19?,20+,21+,24-,25-,50?,51?/m1/s1. The lowest BCUT2D eigenvalue weighted by molar-refractivity contribution is -0.138. The van der Waals surface area contributed by atoms with E-state index in [-0.39, 0.29) is 29.0 Å². The number of rotatable bonds is 9. The van der Waals surface area contributed by atoms with E-state index in [0.29, 0.717) is 10.5 Å². The van der Waals surface area contributed by atoms with Gasteiger partial charge in [-0.15, -0.1) is 0 Å². The van der Waals surface area contributed by atoms with E-state index in [1.165, 1.54) is 10.6 Å². The predicted molar refractivity (Wildman–Crippen MR) is 191 cm³/mol. The number of aliphatic hydroxyl groups excluding tert-OH is 1. The molecule has 6 N–H and O–H groups in total. The fraction of sp³-hybridized carbons (Fsp3) is 0.679. The van der Waals surface area contributed by atoms with Crippen LogP contribution in [0.2, 0.25) is 0 Å². The first-order valence-corrected chi connectivity index (χ1v) is 22.0. The summed E-state index contributed by atoms with van der Waals surface area (Å²) in [4.78, 5) is 50.8. The summed E-state index contributed by atoms with van der Waals surface area (Å²) in [7, 11) is 0. The van der Waals surface area contributed by atoms with Crippen LogP contribution in [0.3, 0.4) is 0 Å². The Balaban J connectivity index is 1.26. The van der Waals surface area contributed by atoms with Gasteiger partial charge >= 0.3 is 25.1 Å². The number of halogens is 2. The molecular formula is C28H40F2N8O11P2S2. The van der Waals surface area contributed by atoms with Crippen molar-refractivity contribution in [1.29, 1.82) is 0 Å². The van der Waals surface area contributed by atoms with Gasteiger partial charge in [0.25, 0.3) is 5.56 Å². The molecule has 0 radical (unpaired) electrons. The monoisotopic (exact) mass is 828 g/mol. The van der Waals surface area contributed by atoms with Gasteiger partial charge in [0.1, 0.15) is 30.2 Å². The van der Waals surface area contributed by atoms with Crippen molar-refractivity contribution < 1.29 is 50.9 Å². The summed E-state index contributed by atoms with van der Waals surface area (Å²) in [6, 6.07) is 1.30. The third-order valence-corrected chi connectivity index (χ3v) is 12.3. The lowest BCUT2D eigenvalue weighted by Gasteiger charge is -2.28. The van der Waals surface area contributed by atoms with E-state index in [1.54, 1.807) is 0 Å².